The average molecular weight is 373 g/mol. The molecule has 3 aliphatic rings. The number of hydrogen-bond donors (Lipinski definition) is 0. The molecule has 2 aromatic rings. The first-order valence-corrected chi connectivity index (χ1v) is 9.49. The molecule has 0 spiro atoms. The van der Waals surface area contributed by atoms with Crippen LogP contribution in [-0.2, 0) is 9.59 Å². The van der Waals surface area contributed by atoms with Crippen LogP contribution in [0.2, 0.25) is 0 Å². The molecule has 4 atom stereocenters. The number of fused-ring (bicyclic) bond motifs is 5. The number of rotatable bonds is 3. The van der Waals surface area contributed by atoms with Gasteiger partial charge in [0.25, 0.3) is 0 Å². The lowest BCUT2D eigenvalue weighted by Gasteiger charge is -2.33. The van der Waals surface area contributed by atoms with E-state index in [0.29, 0.717) is 12.1 Å². The van der Waals surface area contributed by atoms with E-state index < -0.39 is 23.9 Å². The Hall–Kier alpha value is -3.28. The summed E-state index contributed by atoms with van der Waals surface area (Å²) in [5.41, 5.74) is 2.39. The molecule has 4 unspecified atom stereocenters. The van der Waals surface area contributed by atoms with E-state index in [2.05, 4.69) is 5.10 Å². The van der Waals surface area contributed by atoms with Gasteiger partial charge in [-0.2, -0.15) is 5.10 Å². The summed E-state index contributed by atoms with van der Waals surface area (Å²) in [7, 11) is 0. The Labute approximate surface area is 162 Å². The zero-order valence-corrected chi connectivity index (χ0v) is 15.4. The van der Waals surface area contributed by atoms with Crippen LogP contribution in [0.15, 0.2) is 59.7 Å². The Morgan fingerprint density at radius 2 is 1.64 bits per heavy atom. The molecular weight excluding hydrogens is 354 g/mol. The van der Waals surface area contributed by atoms with E-state index in [1.54, 1.807) is 42.4 Å². The van der Waals surface area contributed by atoms with E-state index >= 15 is 0 Å². The van der Waals surface area contributed by atoms with Crippen LogP contribution < -0.4 is 0 Å². The lowest BCUT2D eigenvalue weighted by Crippen LogP contribution is -2.44. The third-order valence-electron chi connectivity index (χ3n) is 6.03. The van der Waals surface area contributed by atoms with Gasteiger partial charge in [-0.25, -0.2) is 0 Å². The van der Waals surface area contributed by atoms with Gasteiger partial charge in [0.1, 0.15) is 6.04 Å². The van der Waals surface area contributed by atoms with Crippen molar-refractivity contribution in [3.05, 3.63) is 71.3 Å². The maximum absolute atomic E-state index is 13.4. The SMILES string of the molecule is CCN1C(=O)C2C(C1=O)C1c3ccccc3C=NN1C2C(=O)c1ccccc1. The second-order valence-electron chi connectivity index (χ2n) is 7.35. The van der Waals surface area contributed by atoms with Crippen LogP contribution >= 0.6 is 0 Å². The van der Waals surface area contributed by atoms with Gasteiger partial charge in [-0.1, -0.05) is 54.6 Å². The Morgan fingerprint density at radius 1 is 0.964 bits per heavy atom. The van der Waals surface area contributed by atoms with Gasteiger partial charge in [0, 0.05) is 12.1 Å². The molecule has 3 heterocycles. The van der Waals surface area contributed by atoms with Crippen molar-refractivity contribution in [3.63, 3.8) is 0 Å². The molecule has 6 nitrogen and oxygen atoms in total. The van der Waals surface area contributed by atoms with Crippen LogP contribution in [0.3, 0.4) is 0 Å². The van der Waals surface area contributed by atoms with Gasteiger partial charge >= 0.3 is 0 Å². The molecule has 2 fully saturated rings. The first-order valence-electron chi connectivity index (χ1n) is 9.49. The van der Waals surface area contributed by atoms with Gasteiger partial charge in [-0.05, 0) is 18.1 Å². The summed E-state index contributed by atoms with van der Waals surface area (Å²) >= 11 is 0. The molecule has 0 N–H and O–H groups in total. The van der Waals surface area contributed by atoms with Crippen molar-refractivity contribution in [1.29, 1.82) is 0 Å². The number of amides is 2. The van der Waals surface area contributed by atoms with Crippen LogP contribution in [-0.4, -0.2) is 46.3 Å². The van der Waals surface area contributed by atoms with Crippen molar-refractivity contribution >= 4 is 23.8 Å². The highest BCUT2D eigenvalue weighted by atomic mass is 16.2. The van der Waals surface area contributed by atoms with Crippen molar-refractivity contribution in [2.75, 3.05) is 6.54 Å². The molecule has 0 aromatic heterocycles. The zero-order chi connectivity index (χ0) is 19.4. The van der Waals surface area contributed by atoms with E-state index in [-0.39, 0.29) is 17.6 Å². The van der Waals surface area contributed by atoms with Gasteiger partial charge < -0.3 is 0 Å². The maximum atomic E-state index is 13.4. The Bertz CT molecular complexity index is 1020. The van der Waals surface area contributed by atoms with Gasteiger partial charge in [0.05, 0.1) is 24.1 Å². The topological polar surface area (TPSA) is 70.1 Å². The molecular formula is C22H19N3O3. The summed E-state index contributed by atoms with van der Waals surface area (Å²) in [5, 5.41) is 6.22. The molecule has 6 heteroatoms. The fourth-order valence-corrected chi connectivity index (χ4v) is 4.82. The maximum Gasteiger partial charge on any atom is 0.235 e. The molecule has 0 saturated carbocycles. The summed E-state index contributed by atoms with van der Waals surface area (Å²) in [5.74, 6) is -1.96. The normalized spacial score (nSPS) is 27.6. The highest BCUT2D eigenvalue weighted by Gasteiger charge is 2.64. The number of likely N-dealkylation sites (tertiary alicyclic amines) is 1. The van der Waals surface area contributed by atoms with Gasteiger partial charge in [-0.15, -0.1) is 0 Å². The van der Waals surface area contributed by atoms with Crippen molar-refractivity contribution in [1.82, 2.24) is 9.91 Å². The Balaban J connectivity index is 1.67. The van der Waals surface area contributed by atoms with Crippen LogP contribution in [0.1, 0.15) is 34.5 Å². The Kier molecular flexibility index (Phi) is 3.69. The van der Waals surface area contributed by atoms with Crippen molar-refractivity contribution < 1.29 is 14.4 Å². The van der Waals surface area contributed by atoms with E-state index in [1.165, 1.54) is 4.90 Å². The summed E-state index contributed by atoms with van der Waals surface area (Å²) in [6, 6.07) is 15.5. The van der Waals surface area contributed by atoms with Crippen LogP contribution in [0.4, 0.5) is 0 Å². The number of imide groups is 1. The third-order valence-corrected chi connectivity index (χ3v) is 6.03. The van der Waals surface area contributed by atoms with Gasteiger partial charge in [0.15, 0.2) is 5.78 Å². The van der Waals surface area contributed by atoms with Crippen molar-refractivity contribution in [2.24, 2.45) is 16.9 Å². The second-order valence-corrected chi connectivity index (χ2v) is 7.35. The summed E-state index contributed by atoms with van der Waals surface area (Å²) in [6.45, 7) is 2.10. The summed E-state index contributed by atoms with van der Waals surface area (Å²) < 4.78 is 0. The number of hydrazone groups is 1. The highest BCUT2D eigenvalue weighted by Crippen LogP contribution is 2.52. The first-order chi connectivity index (χ1) is 13.6. The lowest BCUT2D eigenvalue weighted by atomic mass is 9.83. The van der Waals surface area contributed by atoms with Gasteiger partial charge in [-0.3, -0.25) is 24.3 Å². The lowest BCUT2D eigenvalue weighted by molar-refractivity contribution is -0.141. The first kappa shape index (κ1) is 16.9. The van der Waals surface area contributed by atoms with E-state index in [0.717, 1.165) is 11.1 Å². The molecule has 5 rings (SSSR count). The second kappa shape index (κ2) is 6.12. The van der Waals surface area contributed by atoms with E-state index in [4.69, 9.17) is 0 Å². The molecule has 28 heavy (non-hydrogen) atoms. The summed E-state index contributed by atoms with van der Waals surface area (Å²) in [6.07, 6.45) is 1.71. The molecule has 0 bridgehead atoms. The van der Waals surface area contributed by atoms with Crippen LogP contribution in [0.25, 0.3) is 0 Å². The number of ketones is 1. The predicted octanol–water partition coefficient (Wildman–Crippen LogP) is 2.26. The van der Waals surface area contributed by atoms with Crippen molar-refractivity contribution in [3.8, 4) is 0 Å². The number of Topliss-reactive ketones (excluding diaryl/α,β-unsaturated/α-hetero) is 1. The zero-order valence-electron chi connectivity index (χ0n) is 15.4. The number of hydrogen-bond acceptors (Lipinski definition) is 5. The molecule has 3 aliphatic heterocycles. The third kappa shape index (κ3) is 2.14. The minimum atomic E-state index is -0.782. The number of carbonyl (C=O) groups is 3. The minimum absolute atomic E-state index is 0.172. The largest absolute Gasteiger partial charge is 0.292 e. The minimum Gasteiger partial charge on any atom is -0.292 e. The fraction of sp³-hybridized carbons (Fsp3) is 0.273. The van der Waals surface area contributed by atoms with E-state index in [1.807, 2.05) is 30.3 Å². The predicted molar refractivity (Wildman–Crippen MR) is 103 cm³/mol. The summed E-state index contributed by atoms with van der Waals surface area (Å²) in [4.78, 5) is 40.9. The van der Waals surface area contributed by atoms with E-state index in [9.17, 15) is 14.4 Å². The smallest absolute Gasteiger partial charge is 0.235 e. The Morgan fingerprint density at radius 3 is 2.39 bits per heavy atom. The molecule has 140 valence electrons. The van der Waals surface area contributed by atoms with Crippen molar-refractivity contribution in [2.45, 2.75) is 19.0 Å². The number of benzene rings is 2. The molecule has 2 aromatic carbocycles. The van der Waals surface area contributed by atoms with Gasteiger partial charge in [0.2, 0.25) is 11.8 Å². The fourth-order valence-electron chi connectivity index (χ4n) is 4.82. The molecule has 0 radical (unpaired) electrons. The quantitative estimate of drug-likeness (QED) is 0.611. The average Bonchev–Trinajstić information content (AvgIpc) is 3.21. The number of carbonyl (C=O) groups excluding carboxylic acids is 3. The molecule has 2 amide bonds. The highest BCUT2D eigenvalue weighted by molar-refractivity contribution is 6.12. The van der Waals surface area contributed by atoms with Crippen LogP contribution in [0.5, 0.6) is 0 Å². The standard InChI is InChI=1S/C22H19N3O3/c1-2-24-21(27)16-17(22(24)28)19(20(26)13-8-4-3-5-9-13)25-18(16)15-11-7-6-10-14(15)12-23-25/h3-12,16-19H,2H2,1H3. The number of nitrogens with zero attached hydrogens (tertiary/aromatic N) is 3. The van der Waals surface area contributed by atoms with Crippen LogP contribution in [0, 0.1) is 11.8 Å². The molecule has 0 aliphatic carbocycles. The monoisotopic (exact) mass is 373 g/mol. The molecule has 2 saturated heterocycles.